The molecule has 0 unspecified atom stereocenters. The lowest BCUT2D eigenvalue weighted by Gasteiger charge is -2.26. The van der Waals surface area contributed by atoms with Crippen molar-refractivity contribution in [3.8, 4) is 0 Å². The van der Waals surface area contributed by atoms with Crippen LogP contribution in [0.2, 0.25) is 0 Å². The van der Waals surface area contributed by atoms with E-state index >= 15 is 0 Å². The largest absolute Gasteiger partial charge is 0.314 e. The van der Waals surface area contributed by atoms with Gasteiger partial charge < -0.3 is 5.32 Å². The molecule has 1 N–H and O–H groups in total. The average Bonchev–Trinajstić information content (AvgIpc) is 2.18. The van der Waals surface area contributed by atoms with E-state index in [0.29, 0.717) is 6.04 Å². The van der Waals surface area contributed by atoms with Crippen LogP contribution in [0.3, 0.4) is 0 Å². The summed E-state index contributed by atoms with van der Waals surface area (Å²) in [6.07, 6.45) is 7.04. The summed E-state index contributed by atoms with van der Waals surface area (Å²) in [5, 5.41) is 3.53. The minimum Gasteiger partial charge on any atom is -0.314 e. The molecule has 0 heterocycles. The summed E-state index contributed by atoms with van der Waals surface area (Å²) in [6, 6.07) is 0.657. The van der Waals surface area contributed by atoms with Gasteiger partial charge in [0.2, 0.25) is 0 Å². The molecule has 0 atom stereocenters. The monoisotopic (exact) mass is 213 g/mol. The van der Waals surface area contributed by atoms with Crippen LogP contribution >= 0.6 is 0 Å². The van der Waals surface area contributed by atoms with Gasteiger partial charge in [0, 0.05) is 6.04 Å². The van der Waals surface area contributed by atoms with Gasteiger partial charge in [0.1, 0.15) is 0 Å². The maximum atomic E-state index is 3.53. The molecule has 1 fully saturated rings. The fourth-order valence-electron chi connectivity index (χ4n) is 1.94. The zero-order chi connectivity index (χ0) is 11.7. The Morgan fingerprint density at radius 2 is 1.53 bits per heavy atom. The second kappa shape index (κ2) is 9.21. The van der Waals surface area contributed by atoms with E-state index in [9.17, 15) is 0 Å². The van der Waals surface area contributed by atoms with E-state index in [4.69, 9.17) is 0 Å². The summed E-state index contributed by atoms with van der Waals surface area (Å²) in [4.78, 5) is 0. The molecule has 1 saturated carbocycles. The fourth-order valence-corrected chi connectivity index (χ4v) is 1.94. The summed E-state index contributed by atoms with van der Waals surface area (Å²) < 4.78 is 0. The highest BCUT2D eigenvalue weighted by molar-refractivity contribution is 4.72. The van der Waals surface area contributed by atoms with Crippen molar-refractivity contribution in [2.75, 3.05) is 6.54 Å². The molecule has 0 radical (unpaired) electrons. The van der Waals surface area contributed by atoms with E-state index in [2.05, 4.69) is 39.9 Å². The number of hydrogen-bond acceptors (Lipinski definition) is 1. The summed E-state index contributed by atoms with van der Waals surface area (Å²) in [5.41, 5.74) is 0. The Hall–Kier alpha value is -0.0400. The molecule has 0 bridgehead atoms. The van der Waals surface area contributed by atoms with Crippen molar-refractivity contribution >= 4 is 0 Å². The van der Waals surface area contributed by atoms with Gasteiger partial charge in [0.05, 0.1) is 0 Å². The average molecular weight is 213 g/mol. The third-order valence-corrected chi connectivity index (χ3v) is 2.95. The Morgan fingerprint density at radius 1 is 1.07 bits per heavy atom. The Kier molecular flexibility index (Phi) is 9.18. The first kappa shape index (κ1) is 15.0. The molecule has 1 rings (SSSR count). The van der Waals surface area contributed by atoms with Crippen molar-refractivity contribution in [1.82, 2.24) is 5.32 Å². The van der Waals surface area contributed by atoms with Crippen molar-refractivity contribution in [2.24, 2.45) is 11.8 Å². The predicted octanol–water partition coefficient (Wildman–Crippen LogP) is 4.23. The molecule has 0 spiro atoms. The van der Waals surface area contributed by atoms with Crippen molar-refractivity contribution in [2.45, 2.75) is 72.8 Å². The maximum Gasteiger partial charge on any atom is 0.00104 e. The first-order chi connectivity index (χ1) is 7.10. The smallest absolute Gasteiger partial charge is 0.00104 e. The van der Waals surface area contributed by atoms with Crippen LogP contribution in [-0.4, -0.2) is 12.6 Å². The quantitative estimate of drug-likeness (QED) is 0.740. The molecule has 1 aliphatic carbocycles. The SMILES string of the molecule is CC1CCC(CNC(C)C)CC1.CCC. The third-order valence-electron chi connectivity index (χ3n) is 2.95. The van der Waals surface area contributed by atoms with E-state index in [0.717, 1.165) is 11.8 Å². The van der Waals surface area contributed by atoms with Gasteiger partial charge in [-0.15, -0.1) is 0 Å². The Bertz CT molecular complexity index is 123. The van der Waals surface area contributed by atoms with Crippen molar-refractivity contribution in [3.05, 3.63) is 0 Å². The number of nitrogens with one attached hydrogen (secondary N) is 1. The highest BCUT2D eigenvalue weighted by Crippen LogP contribution is 2.27. The number of hydrogen-bond donors (Lipinski definition) is 1. The van der Waals surface area contributed by atoms with Crippen LogP contribution in [0.1, 0.15) is 66.7 Å². The molecule has 1 aliphatic rings. The van der Waals surface area contributed by atoms with Gasteiger partial charge in [-0.2, -0.15) is 0 Å². The van der Waals surface area contributed by atoms with Gasteiger partial charge in [0.25, 0.3) is 0 Å². The molecule has 0 aliphatic heterocycles. The van der Waals surface area contributed by atoms with Gasteiger partial charge in [0.15, 0.2) is 0 Å². The van der Waals surface area contributed by atoms with E-state index in [-0.39, 0.29) is 0 Å². The second-order valence-electron chi connectivity index (χ2n) is 5.40. The molecule has 0 saturated heterocycles. The Morgan fingerprint density at radius 3 is 1.93 bits per heavy atom. The molecule has 0 aromatic rings. The van der Waals surface area contributed by atoms with Crippen LogP contribution in [-0.2, 0) is 0 Å². The van der Waals surface area contributed by atoms with E-state index < -0.39 is 0 Å². The first-order valence-corrected chi connectivity index (χ1v) is 6.83. The summed E-state index contributed by atoms with van der Waals surface area (Å²) in [6.45, 7) is 12.3. The fraction of sp³-hybridized carbons (Fsp3) is 1.00. The van der Waals surface area contributed by atoms with Crippen molar-refractivity contribution < 1.29 is 0 Å². The predicted molar refractivity (Wildman–Crippen MR) is 70.2 cm³/mol. The Balaban J connectivity index is 0.000000583. The van der Waals surface area contributed by atoms with Crippen molar-refractivity contribution in [3.63, 3.8) is 0 Å². The summed E-state index contributed by atoms with van der Waals surface area (Å²) in [7, 11) is 0. The molecule has 0 amide bonds. The van der Waals surface area contributed by atoms with Crippen LogP contribution in [0.15, 0.2) is 0 Å². The molecule has 1 nitrogen and oxygen atoms in total. The van der Waals surface area contributed by atoms with Crippen LogP contribution in [0.4, 0.5) is 0 Å². The van der Waals surface area contributed by atoms with Crippen LogP contribution in [0, 0.1) is 11.8 Å². The topological polar surface area (TPSA) is 12.0 Å². The summed E-state index contributed by atoms with van der Waals surface area (Å²) in [5.74, 6) is 1.95. The first-order valence-electron chi connectivity index (χ1n) is 6.83. The van der Waals surface area contributed by atoms with Gasteiger partial charge in [-0.3, -0.25) is 0 Å². The lowest BCUT2D eigenvalue weighted by Crippen LogP contribution is -2.30. The van der Waals surface area contributed by atoms with Crippen LogP contribution in [0.25, 0.3) is 0 Å². The zero-order valence-corrected chi connectivity index (χ0v) is 11.5. The van der Waals surface area contributed by atoms with E-state index in [1.54, 1.807) is 0 Å². The van der Waals surface area contributed by atoms with Crippen LogP contribution < -0.4 is 5.32 Å². The van der Waals surface area contributed by atoms with Gasteiger partial charge in [-0.1, -0.05) is 53.9 Å². The highest BCUT2D eigenvalue weighted by Gasteiger charge is 2.17. The lowest BCUT2D eigenvalue weighted by atomic mass is 9.83. The standard InChI is InChI=1S/C11H23N.C3H8/c1-9(2)12-8-11-6-4-10(3)5-7-11;1-3-2/h9-12H,4-8H2,1-3H3;3H2,1-2H3. The normalized spacial score (nSPS) is 26.0. The minimum absolute atomic E-state index is 0.657. The van der Waals surface area contributed by atoms with Gasteiger partial charge in [-0.25, -0.2) is 0 Å². The van der Waals surface area contributed by atoms with E-state index in [1.807, 2.05) is 0 Å². The summed E-state index contributed by atoms with van der Waals surface area (Å²) >= 11 is 0. The Labute approximate surface area is 97.0 Å². The highest BCUT2D eigenvalue weighted by atomic mass is 14.9. The second-order valence-corrected chi connectivity index (χ2v) is 5.40. The minimum atomic E-state index is 0.657. The third kappa shape index (κ3) is 8.92. The van der Waals surface area contributed by atoms with Gasteiger partial charge in [-0.05, 0) is 31.2 Å². The zero-order valence-electron chi connectivity index (χ0n) is 11.5. The molecule has 0 aromatic carbocycles. The molecule has 1 heteroatoms. The van der Waals surface area contributed by atoms with E-state index in [1.165, 1.54) is 38.6 Å². The molecular formula is C14H31N. The molecular weight excluding hydrogens is 182 g/mol. The van der Waals surface area contributed by atoms with Crippen molar-refractivity contribution in [1.29, 1.82) is 0 Å². The molecule has 0 aromatic heterocycles. The lowest BCUT2D eigenvalue weighted by molar-refractivity contribution is 0.277. The maximum absolute atomic E-state index is 3.53. The molecule has 15 heavy (non-hydrogen) atoms. The van der Waals surface area contributed by atoms with Gasteiger partial charge >= 0.3 is 0 Å². The molecule has 92 valence electrons. The number of rotatable bonds is 3. The van der Waals surface area contributed by atoms with Crippen LogP contribution in [0.5, 0.6) is 0 Å².